The number of carbonyl (C=O) groups excluding carboxylic acids is 1. The largest absolute Gasteiger partial charge is 0.481 e. The first-order valence-electron chi connectivity index (χ1n) is 5.38. The SMILES string of the molecule is CC(=O)C[C@@H](C(=O)O)c1c[nH]c2ccccc12. The number of aromatic amines is 1. The quantitative estimate of drug-likeness (QED) is 0.848. The van der Waals surface area contributed by atoms with Crippen LogP contribution in [0.15, 0.2) is 30.5 Å². The molecule has 4 nitrogen and oxygen atoms in total. The summed E-state index contributed by atoms with van der Waals surface area (Å²) in [6.07, 6.45) is 1.70. The summed E-state index contributed by atoms with van der Waals surface area (Å²) in [6, 6.07) is 7.47. The van der Waals surface area contributed by atoms with Gasteiger partial charge in [0.15, 0.2) is 0 Å². The molecular weight excluding hydrogens is 218 g/mol. The number of Topliss-reactive ketones (excluding diaryl/α,β-unsaturated/α-hetero) is 1. The molecule has 0 saturated carbocycles. The fourth-order valence-corrected chi connectivity index (χ4v) is 2.00. The molecule has 2 N–H and O–H groups in total. The molecule has 1 aromatic carbocycles. The third-order valence-electron chi connectivity index (χ3n) is 2.79. The Kier molecular flexibility index (Phi) is 2.95. The number of hydrogen-bond donors (Lipinski definition) is 2. The van der Waals surface area contributed by atoms with Crippen LogP contribution in [0.5, 0.6) is 0 Å². The first kappa shape index (κ1) is 11.4. The number of nitrogens with one attached hydrogen (secondary N) is 1. The Balaban J connectivity index is 2.48. The van der Waals surface area contributed by atoms with Crippen LogP contribution in [-0.2, 0) is 9.59 Å². The van der Waals surface area contributed by atoms with Crippen LogP contribution < -0.4 is 0 Å². The van der Waals surface area contributed by atoms with Gasteiger partial charge in [-0.05, 0) is 18.6 Å². The second-order valence-electron chi connectivity index (χ2n) is 4.09. The van der Waals surface area contributed by atoms with E-state index in [0.717, 1.165) is 10.9 Å². The van der Waals surface area contributed by atoms with Gasteiger partial charge in [0.2, 0.25) is 0 Å². The Hall–Kier alpha value is -2.10. The summed E-state index contributed by atoms with van der Waals surface area (Å²) in [5, 5.41) is 10.0. The van der Waals surface area contributed by atoms with Crippen LogP contribution in [0, 0.1) is 0 Å². The maximum Gasteiger partial charge on any atom is 0.311 e. The van der Waals surface area contributed by atoms with E-state index in [0.29, 0.717) is 5.56 Å². The predicted octanol–water partition coefficient (Wildman–Crippen LogP) is 2.32. The minimum atomic E-state index is -0.968. The van der Waals surface area contributed by atoms with Crippen molar-refractivity contribution in [3.05, 3.63) is 36.0 Å². The first-order chi connectivity index (χ1) is 8.09. The number of hydrogen-bond acceptors (Lipinski definition) is 2. The number of fused-ring (bicyclic) bond motifs is 1. The maximum absolute atomic E-state index is 11.2. The summed E-state index contributed by atoms with van der Waals surface area (Å²) in [4.78, 5) is 25.3. The minimum absolute atomic E-state index is 0.0250. The van der Waals surface area contributed by atoms with Gasteiger partial charge in [-0.25, -0.2) is 0 Å². The highest BCUT2D eigenvalue weighted by Gasteiger charge is 2.24. The smallest absolute Gasteiger partial charge is 0.311 e. The summed E-state index contributed by atoms with van der Waals surface area (Å²) in [5.41, 5.74) is 1.56. The highest BCUT2D eigenvalue weighted by molar-refractivity contribution is 5.92. The lowest BCUT2D eigenvalue weighted by atomic mass is 9.94. The molecule has 88 valence electrons. The van der Waals surface area contributed by atoms with Gasteiger partial charge < -0.3 is 10.1 Å². The van der Waals surface area contributed by atoms with Gasteiger partial charge in [-0.15, -0.1) is 0 Å². The number of carboxylic acid groups (broad SMARTS) is 1. The van der Waals surface area contributed by atoms with Gasteiger partial charge in [0.25, 0.3) is 0 Å². The van der Waals surface area contributed by atoms with E-state index in [2.05, 4.69) is 4.98 Å². The number of rotatable bonds is 4. The van der Waals surface area contributed by atoms with E-state index in [1.807, 2.05) is 24.3 Å². The van der Waals surface area contributed by atoms with E-state index in [1.54, 1.807) is 6.20 Å². The van der Waals surface area contributed by atoms with E-state index in [9.17, 15) is 14.7 Å². The number of H-pyrrole nitrogens is 1. The molecule has 0 amide bonds. The molecular formula is C13H13NO3. The highest BCUT2D eigenvalue weighted by Crippen LogP contribution is 2.28. The van der Waals surface area contributed by atoms with E-state index in [-0.39, 0.29) is 12.2 Å². The van der Waals surface area contributed by atoms with Crippen molar-refractivity contribution in [2.24, 2.45) is 0 Å². The lowest BCUT2D eigenvalue weighted by Crippen LogP contribution is -2.14. The molecule has 0 bridgehead atoms. The average molecular weight is 231 g/mol. The molecule has 2 rings (SSSR count). The molecule has 1 atom stereocenters. The third kappa shape index (κ3) is 2.20. The van der Waals surface area contributed by atoms with Gasteiger partial charge in [0.05, 0.1) is 5.92 Å². The molecule has 0 radical (unpaired) electrons. The van der Waals surface area contributed by atoms with Crippen LogP contribution in [-0.4, -0.2) is 21.8 Å². The van der Waals surface area contributed by atoms with Crippen molar-refractivity contribution in [2.45, 2.75) is 19.3 Å². The molecule has 1 aromatic heterocycles. The van der Waals surface area contributed by atoms with Crippen molar-refractivity contribution < 1.29 is 14.7 Å². The molecule has 0 aliphatic rings. The summed E-state index contributed by atoms with van der Waals surface area (Å²) in [6.45, 7) is 1.41. The fourth-order valence-electron chi connectivity index (χ4n) is 2.00. The summed E-state index contributed by atoms with van der Waals surface area (Å²) < 4.78 is 0. The molecule has 2 aromatic rings. The third-order valence-corrected chi connectivity index (χ3v) is 2.79. The second kappa shape index (κ2) is 4.41. The van der Waals surface area contributed by atoms with E-state index in [4.69, 9.17) is 0 Å². The topological polar surface area (TPSA) is 70.2 Å². The molecule has 4 heteroatoms. The Morgan fingerprint density at radius 1 is 1.35 bits per heavy atom. The molecule has 0 unspecified atom stereocenters. The number of aromatic nitrogens is 1. The van der Waals surface area contributed by atoms with Crippen molar-refractivity contribution in [1.82, 2.24) is 4.98 Å². The minimum Gasteiger partial charge on any atom is -0.481 e. The number of benzene rings is 1. The second-order valence-corrected chi connectivity index (χ2v) is 4.09. The maximum atomic E-state index is 11.2. The Bertz CT molecular complexity index is 571. The average Bonchev–Trinajstić information content (AvgIpc) is 2.69. The lowest BCUT2D eigenvalue weighted by molar-refractivity contribution is -0.140. The Labute approximate surface area is 98.3 Å². The summed E-state index contributed by atoms with van der Waals surface area (Å²) in [5.74, 6) is -1.86. The monoisotopic (exact) mass is 231 g/mol. The van der Waals surface area contributed by atoms with Crippen LogP contribution >= 0.6 is 0 Å². The molecule has 0 aliphatic carbocycles. The number of ketones is 1. The van der Waals surface area contributed by atoms with Crippen LogP contribution in [0.25, 0.3) is 10.9 Å². The van der Waals surface area contributed by atoms with E-state index in [1.165, 1.54) is 6.92 Å². The zero-order valence-corrected chi connectivity index (χ0v) is 9.43. The van der Waals surface area contributed by atoms with Crippen LogP contribution in [0.2, 0.25) is 0 Å². The zero-order valence-electron chi connectivity index (χ0n) is 9.43. The van der Waals surface area contributed by atoms with Crippen molar-refractivity contribution in [1.29, 1.82) is 0 Å². The number of para-hydroxylation sites is 1. The van der Waals surface area contributed by atoms with Gasteiger partial charge in [-0.1, -0.05) is 18.2 Å². The molecule has 0 spiro atoms. The van der Waals surface area contributed by atoms with Crippen LogP contribution in [0.3, 0.4) is 0 Å². The molecule has 0 aliphatic heterocycles. The normalized spacial score (nSPS) is 12.5. The Morgan fingerprint density at radius 2 is 2.06 bits per heavy atom. The van der Waals surface area contributed by atoms with Crippen molar-refractivity contribution >= 4 is 22.7 Å². The molecule has 0 fully saturated rings. The zero-order chi connectivity index (χ0) is 12.4. The van der Waals surface area contributed by atoms with E-state index < -0.39 is 11.9 Å². The molecule has 17 heavy (non-hydrogen) atoms. The van der Waals surface area contributed by atoms with Gasteiger partial charge in [0.1, 0.15) is 5.78 Å². The summed E-state index contributed by atoms with van der Waals surface area (Å²) in [7, 11) is 0. The summed E-state index contributed by atoms with van der Waals surface area (Å²) >= 11 is 0. The van der Waals surface area contributed by atoms with E-state index >= 15 is 0 Å². The van der Waals surface area contributed by atoms with Gasteiger partial charge in [-0.2, -0.15) is 0 Å². The van der Waals surface area contributed by atoms with Crippen LogP contribution in [0.1, 0.15) is 24.8 Å². The fraction of sp³-hybridized carbons (Fsp3) is 0.231. The van der Waals surface area contributed by atoms with Gasteiger partial charge in [0, 0.05) is 23.5 Å². The van der Waals surface area contributed by atoms with Gasteiger partial charge >= 0.3 is 5.97 Å². The number of aliphatic carboxylic acids is 1. The molecule has 0 saturated heterocycles. The Morgan fingerprint density at radius 3 is 2.71 bits per heavy atom. The lowest BCUT2D eigenvalue weighted by Gasteiger charge is -2.09. The van der Waals surface area contributed by atoms with Crippen molar-refractivity contribution in [3.8, 4) is 0 Å². The standard InChI is InChI=1S/C13H13NO3/c1-8(15)6-10(13(16)17)11-7-14-12-5-3-2-4-9(11)12/h2-5,7,10,14H,6H2,1H3,(H,16,17)/t10-/m1/s1. The van der Waals surface area contributed by atoms with Crippen molar-refractivity contribution in [3.63, 3.8) is 0 Å². The number of carbonyl (C=O) groups is 2. The highest BCUT2D eigenvalue weighted by atomic mass is 16.4. The molecule has 1 heterocycles. The number of carboxylic acids is 1. The predicted molar refractivity (Wildman–Crippen MR) is 64.0 cm³/mol. The van der Waals surface area contributed by atoms with Gasteiger partial charge in [-0.3, -0.25) is 9.59 Å². The van der Waals surface area contributed by atoms with Crippen LogP contribution in [0.4, 0.5) is 0 Å². The first-order valence-corrected chi connectivity index (χ1v) is 5.38. The van der Waals surface area contributed by atoms with Crippen molar-refractivity contribution in [2.75, 3.05) is 0 Å².